The molecule has 5 unspecified atom stereocenters. The lowest BCUT2D eigenvalue weighted by Gasteiger charge is -2.73. The van der Waals surface area contributed by atoms with Crippen LogP contribution >= 0.6 is 0 Å². The second-order valence-corrected chi connectivity index (χ2v) is 18.5. The van der Waals surface area contributed by atoms with Crippen LogP contribution in [0.4, 0.5) is 15.3 Å². The number of alkyl carbamates (subject to hydrolysis) is 1. The van der Waals surface area contributed by atoms with E-state index < -0.39 is 12.3 Å². The number of allylic oxidation sites excluding steroid dienone is 1. The molecule has 50 heavy (non-hydrogen) atoms. The van der Waals surface area contributed by atoms with Gasteiger partial charge in [0.05, 0.1) is 6.54 Å². The third-order valence-corrected chi connectivity index (χ3v) is 16.2. The van der Waals surface area contributed by atoms with E-state index in [4.69, 9.17) is 4.74 Å². The third-order valence-electron chi connectivity index (χ3n) is 16.2. The topological polar surface area (TPSA) is 103 Å². The number of para-hydroxylation sites is 1. The van der Waals surface area contributed by atoms with E-state index in [1.54, 1.807) is 0 Å². The van der Waals surface area contributed by atoms with Gasteiger partial charge in [0.2, 0.25) is 0 Å². The van der Waals surface area contributed by atoms with Crippen LogP contribution in [0.1, 0.15) is 106 Å². The minimum absolute atomic E-state index is 0.0753. The van der Waals surface area contributed by atoms with Crippen LogP contribution in [0.15, 0.2) is 54.6 Å². The molecule has 0 saturated heterocycles. The molecular formula is C42H62N4O4. The number of amides is 3. The highest BCUT2D eigenvalue weighted by molar-refractivity contribution is 5.89. The van der Waals surface area contributed by atoms with Crippen molar-refractivity contribution in [3.8, 4) is 0 Å². The monoisotopic (exact) mass is 686 g/mol. The molecule has 1 aromatic carbocycles. The second kappa shape index (κ2) is 12.7. The summed E-state index contributed by atoms with van der Waals surface area (Å²) in [4.78, 5) is 26.3. The number of aliphatic hydroxyl groups excluding tert-OH is 1. The number of aliphatic hydroxyl groups is 1. The summed E-state index contributed by atoms with van der Waals surface area (Å²) in [5.74, 6) is 2.79. The Bertz CT molecular complexity index is 1510. The van der Waals surface area contributed by atoms with Gasteiger partial charge in [-0.15, -0.1) is 0 Å². The number of carbonyl (C=O) groups excluding carboxylic acids is 2. The molecule has 6 aliphatic rings. The summed E-state index contributed by atoms with van der Waals surface area (Å²) in [6, 6.07) is 9.04. The number of benzene rings is 1. The van der Waals surface area contributed by atoms with E-state index in [1.807, 2.05) is 42.5 Å². The smallest absolute Gasteiger partial charge is 0.408 e. The van der Waals surface area contributed by atoms with Gasteiger partial charge in [-0.2, -0.15) is 0 Å². The summed E-state index contributed by atoms with van der Waals surface area (Å²) in [5.41, 5.74) is 5.71. The number of nitrogens with one attached hydrogen (secondary N) is 3. The summed E-state index contributed by atoms with van der Waals surface area (Å²) >= 11 is 0. The van der Waals surface area contributed by atoms with E-state index in [0.717, 1.165) is 32.1 Å². The molecule has 1 aromatic rings. The molecule has 0 bridgehead atoms. The first kappa shape index (κ1) is 35.6. The highest BCUT2D eigenvalue weighted by Gasteiger charge is 2.71. The molecule has 0 aromatic heterocycles. The SMILES string of the molecule is C=C(C)[C@@H]1CC[C@]2(CO)CC[C@]3(C)C(CCC4[C@@]5(C)CC[C@H](OC(=O)NC6C=CCN(C(=O)Nc7ccccc7)N6)C(C)(C)C5CC[C@]43C)C12. The van der Waals surface area contributed by atoms with Gasteiger partial charge >= 0.3 is 12.1 Å². The lowest BCUT2D eigenvalue weighted by Crippen LogP contribution is -2.67. The molecule has 0 radical (unpaired) electrons. The Morgan fingerprint density at radius 1 is 0.940 bits per heavy atom. The molecule has 1 heterocycles. The van der Waals surface area contributed by atoms with Gasteiger partial charge in [-0.25, -0.2) is 15.0 Å². The van der Waals surface area contributed by atoms with Gasteiger partial charge in [0.15, 0.2) is 0 Å². The molecule has 5 fully saturated rings. The first-order valence-corrected chi connectivity index (χ1v) is 19.5. The van der Waals surface area contributed by atoms with Crippen molar-refractivity contribution < 1.29 is 19.4 Å². The lowest BCUT2D eigenvalue weighted by atomic mass is 9.32. The molecule has 8 heteroatoms. The number of hydrazine groups is 1. The zero-order valence-corrected chi connectivity index (χ0v) is 31.4. The Labute approximate surface area is 300 Å². The maximum absolute atomic E-state index is 13.4. The fourth-order valence-corrected chi connectivity index (χ4v) is 13.5. The Balaban J connectivity index is 1.03. The van der Waals surface area contributed by atoms with Gasteiger partial charge in [0.25, 0.3) is 0 Å². The molecule has 4 N–H and O–H groups in total. The van der Waals surface area contributed by atoms with E-state index in [0.29, 0.717) is 48.4 Å². The fourth-order valence-electron chi connectivity index (χ4n) is 13.5. The van der Waals surface area contributed by atoms with Crippen LogP contribution < -0.4 is 16.1 Å². The molecule has 3 amide bonds. The zero-order chi connectivity index (χ0) is 35.7. The van der Waals surface area contributed by atoms with Crippen molar-refractivity contribution in [2.75, 3.05) is 18.5 Å². The average Bonchev–Trinajstić information content (AvgIpc) is 3.48. The van der Waals surface area contributed by atoms with E-state index >= 15 is 0 Å². The quantitative estimate of drug-likeness (QED) is 0.232. The van der Waals surface area contributed by atoms with Gasteiger partial charge in [-0.3, -0.25) is 5.01 Å². The number of ether oxygens (including phenoxy) is 1. The predicted molar refractivity (Wildman–Crippen MR) is 198 cm³/mol. The predicted octanol–water partition coefficient (Wildman–Crippen LogP) is 8.67. The Morgan fingerprint density at radius 3 is 2.42 bits per heavy atom. The highest BCUT2D eigenvalue weighted by atomic mass is 16.6. The molecule has 5 aliphatic carbocycles. The number of urea groups is 1. The second-order valence-electron chi connectivity index (χ2n) is 18.5. The molecule has 11 atom stereocenters. The van der Waals surface area contributed by atoms with Gasteiger partial charge in [0, 0.05) is 17.7 Å². The van der Waals surface area contributed by atoms with E-state index in [1.165, 1.54) is 42.7 Å². The van der Waals surface area contributed by atoms with Crippen LogP contribution in [0, 0.1) is 56.7 Å². The van der Waals surface area contributed by atoms with Crippen LogP contribution in [0.3, 0.4) is 0 Å². The summed E-state index contributed by atoms with van der Waals surface area (Å²) in [5, 5.41) is 18.1. The van der Waals surface area contributed by atoms with Crippen LogP contribution in [-0.2, 0) is 4.74 Å². The Hall–Kier alpha value is -2.84. The number of hydrogen-bond donors (Lipinski definition) is 4. The number of nitrogens with zero attached hydrogens (tertiary/aromatic N) is 1. The first-order chi connectivity index (χ1) is 23.7. The van der Waals surface area contributed by atoms with Crippen molar-refractivity contribution in [1.29, 1.82) is 0 Å². The van der Waals surface area contributed by atoms with Crippen molar-refractivity contribution in [3.63, 3.8) is 0 Å². The average molecular weight is 687 g/mol. The standard InChI is InChI=1S/C42H62N4O4/c1-27(2)29-17-22-42(26-47)24-23-40(6)30(35(29)42)15-16-32-39(5)20-19-33(38(3,4)31(39)18-21-41(32,40)7)50-37(49)44-34-14-11-25-46(45-34)36(48)43-28-12-9-8-10-13-28/h8-14,29-35,45,47H,1,15-26H2,2-7H3,(H,43,48)(H,44,49)/t29-,30?,31?,32?,33-,34?,35?,39-,40+,41+,42+/m0/s1. The third kappa shape index (κ3) is 5.45. The van der Waals surface area contributed by atoms with Crippen molar-refractivity contribution in [1.82, 2.24) is 15.8 Å². The molecule has 7 rings (SSSR count). The molecule has 1 aliphatic heterocycles. The lowest BCUT2D eigenvalue weighted by molar-refractivity contribution is -0.249. The van der Waals surface area contributed by atoms with Crippen molar-refractivity contribution in [2.45, 2.75) is 118 Å². The molecule has 8 nitrogen and oxygen atoms in total. The number of rotatable bonds is 5. The van der Waals surface area contributed by atoms with E-state index in [-0.39, 0.29) is 39.2 Å². The maximum atomic E-state index is 13.4. The number of hydrogen-bond acceptors (Lipinski definition) is 5. The van der Waals surface area contributed by atoms with E-state index in [9.17, 15) is 14.7 Å². The van der Waals surface area contributed by atoms with Crippen LogP contribution in [-0.4, -0.2) is 47.7 Å². The van der Waals surface area contributed by atoms with Crippen LogP contribution in [0.5, 0.6) is 0 Å². The molecule has 0 spiro atoms. The van der Waals surface area contributed by atoms with Gasteiger partial charge in [-0.05, 0) is 141 Å². The molecule has 274 valence electrons. The van der Waals surface area contributed by atoms with Crippen LogP contribution in [0.2, 0.25) is 0 Å². The number of fused-ring (bicyclic) bond motifs is 7. The maximum Gasteiger partial charge on any atom is 0.408 e. The summed E-state index contributed by atoms with van der Waals surface area (Å²) in [7, 11) is 0. The minimum atomic E-state index is -0.550. The van der Waals surface area contributed by atoms with Gasteiger partial charge in [-0.1, -0.05) is 71.0 Å². The summed E-state index contributed by atoms with van der Waals surface area (Å²) in [6.07, 6.45) is 14.0. The van der Waals surface area contributed by atoms with Crippen molar-refractivity contribution in [3.05, 3.63) is 54.6 Å². The summed E-state index contributed by atoms with van der Waals surface area (Å²) < 4.78 is 6.29. The van der Waals surface area contributed by atoms with Crippen molar-refractivity contribution in [2.24, 2.45) is 56.7 Å². The highest BCUT2D eigenvalue weighted by Crippen LogP contribution is 2.77. The zero-order valence-electron chi connectivity index (χ0n) is 31.4. The number of anilines is 1. The number of carbonyl (C=O) groups is 2. The van der Waals surface area contributed by atoms with Crippen LogP contribution in [0.25, 0.3) is 0 Å². The van der Waals surface area contributed by atoms with Crippen molar-refractivity contribution >= 4 is 17.8 Å². The molecular weight excluding hydrogens is 624 g/mol. The Morgan fingerprint density at radius 2 is 1.70 bits per heavy atom. The Kier molecular flexibility index (Phi) is 9.02. The van der Waals surface area contributed by atoms with Gasteiger partial charge < -0.3 is 20.5 Å². The summed E-state index contributed by atoms with van der Waals surface area (Å²) in [6.45, 7) is 20.0. The largest absolute Gasteiger partial charge is 0.446 e. The normalized spacial score (nSPS) is 43.0. The van der Waals surface area contributed by atoms with E-state index in [2.05, 4.69) is 64.2 Å². The van der Waals surface area contributed by atoms with Gasteiger partial charge in [0.1, 0.15) is 12.3 Å². The molecule has 5 saturated carbocycles. The first-order valence-electron chi connectivity index (χ1n) is 19.5. The minimum Gasteiger partial charge on any atom is -0.446 e. The fraction of sp³-hybridized carbons (Fsp3) is 0.714.